The number of aromatic nitrogens is 2. The van der Waals surface area contributed by atoms with Crippen LogP contribution in [0.4, 0.5) is 9.52 Å². The summed E-state index contributed by atoms with van der Waals surface area (Å²) in [6, 6.07) is 4.33. The smallest absolute Gasteiger partial charge is 0.316 e. The Morgan fingerprint density at radius 1 is 1.36 bits per heavy atom. The number of hydrogen-bond donors (Lipinski definition) is 1. The Balaban J connectivity index is 1.86. The van der Waals surface area contributed by atoms with Crippen molar-refractivity contribution in [1.29, 1.82) is 0 Å². The van der Waals surface area contributed by atoms with Gasteiger partial charge in [0.25, 0.3) is 0 Å². The van der Waals surface area contributed by atoms with Gasteiger partial charge in [0.1, 0.15) is 0 Å². The summed E-state index contributed by atoms with van der Waals surface area (Å²) in [6.45, 7) is 2.05. The minimum absolute atomic E-state index is 0.00814. The monoisotopic (exact) mass is 385 g/mol. The summed E-state index contributed by atoms with van der Waals surface area (Å²) in [4.78, 5) is 23.3. The Morgan fingerprint density at radius 2 is 2.16 bits per heavy atom. The van der Waals surface area contributed by atoms with E-state index in [0.29, 0.717) is 21.6 Å². The van der Waals surface area contributed by atoms with Crippen molar-refractivity contribution in [3.63, 3.8) is 0 Å². The van der Waals surface area contributed by atoms with Gasteiger partial charge in [-0.25, -0.2) is 4.39 Å². The Morgan fingerprint density at radius 3 is 2.84 bits per heavy atom. The third-order valence-corrected chi connectivity index (χ3v) is 4.80. The molecule has 7 nitrogen and oxygen atoms in total. The molecule has 0 atom stereocenters. The molecule has 25 heavy (non-hydrogen) atoms. The van der Waals surface area contributed by atoms with Crippen LogP contribution < -0.4 is 10.1 Å². The molecule has 134 valence electrons. The second kappa shape index (κ2) is 9.33. The predicted octanol–water partition coefficient (Wildman–Crippen LogP) is 2.52. The lowest BCUT2D eigenvalue weighted by atomic mass is 10.1. The molecular formula is C15H16FN3O4S2. The van der Waals surface area contributed by atoms with E-state index in [1.165, 1.54) is 31.0 Å². The first kappa shape index (κ1) is 19.1. The number of hydrogen-bond acceptors (Lipinski definition) is 8. The van der Waals surface area contributed by atoms with E-state index in [2.05, 4.69) is 15.5 Å². The SMILES string of the molecule is CCOC(=O)CSc1nnc(NC(=O)Cc2ccc(OC)c(F)c2)s1. The van der Waals surface area contributed by atoms with E-state index in [4.69, 9.17) is 9.47 Å². The number of amides is 1. The molecule has 0 aliphatic heterocycles. The maximum absolute atomic E-state index is 13.6. The number of nitrogens with zero attached hydrogens (tertiary/aromatic N) is 2. The van der Waals surface area contributed by atoms with Crippen LogP contribution in [0.1, 0.15) is 12.5 Å². The fourth-order valence-corrected chi connectivity index (χ4v) is 3.38. The first-order chi connectivity index (χ1) is 12.0. The molecule has 1 N–H and O–H groups in total. The van der Waals surface area contributed by atoms with Gasteiger partial charge in [0.15, 0.2) is 15.9 Å². The first-order valence-corrected chi connectivity index (χ1v) is 9.06. The van der Waals surface area contributed by atoms with Gasteiger partial charge in [-0.05, 0) is 24.6 Å². The number of esters is 1. The summed E-state index contributed by atoms with van der Waals surface area (Å²) in [5.74, 6) is -0.961. The third kappa shape index (κ3) is 5.98. The maximum Gasteiger partial charge on any atom is 0.316 e. The molecule has 0 saturated carbocycles. The van der Waals surface area contributed by atoms with Gasteiger partial charge in [-0.1, -0.05) is 29.2 Å². The minimum Gasteiger partial charge on any atom is -0.494 e. The highest BCUT2D eigenvalue weighted by molar-refractivity contribution is 8.01. The third-order valence-electron chi connectivity index (χ3n) is 2.85. The number of carbonyl (C=O) groups is 2. The number of rotatable bonds is 8. The van der Waals surface area contributed by atoms with Gasteiger partial charge >= 0.3 is 5.97 Å². The second-order valence-electron chi connectivity index (χ2n) is 4.66. The van der Waals surface area contributed by atoms with Gasteiger partial charge in [0.2, 0.25) is 11.0 Å². The largest absolute Gasteiger partial charge is 0.494 e. The fraction of sp³-hybridized carbons (Fsp3) is 0.333. The molecule has 0 aliphatic rings. The topological polar surface area (TPSA) is 90.4 Å². The zero-order valence-corrected chi connectivity index (χ0v) is 15.2. The molecule has 10 heteroatoms. The van der Waals surface area contributed by atoms with E-state index in [-0.39, 0.29) is 29.8 Å². The molecule has 0 spiro atoms. The number of ether oxygens (including phenoxy) is 2. The van der Waals surface area contributed by atoms with E-state index >= 15 is 0 Å². The average molecular weight is 385 g/mol. The molecule has 2 rings (SSSR count). The average Bonchev–Trinajstić information content (AvgIpc) is 3.00. The van der Waals surface area contributed by atoms with Crippen molar-refractivity contribution >= 4 is 40.1 Å². The van der Waals surface area contributed by atoms with Crippen molar-refractivity contribution in [2.75, 3.05) is 24.8 Å². The van der Waals surface area contributed by atoms with Crippen molar-refractivity contribution in [3.8, 4) is 5.75 Å². The highest BCUT2D eigenvalue weighted by atomic mass is 32.2. The first-order valence-electron chi connectivity index (χ1n) is 7.26. The summed E-state index contributed by atoms with van der Waals surface area (Å²) >= 11 is 2.33. The zero-order valence-electron chi connectivity index (χ0n) is 13.6. The number of halogens is 1. The highest BCUT2D eigenvalue weighted by Crippen LogP contribution is 2.25. The van der Waals surface area contributed by atoms with Gasteiger partial charge in [0.05, 0.1) is 25.9 Å². The fourth-order valence-electron chi connectivity index (χ4n) is 1.81. The molecule has 0 radical (unpaired) electrons. The molecule has 1 aromatic heterocycles. The van der Waals surface area contributed by atoms with Crippen LogP contribution in [-0.4, -0.2) is 41.5 Å². The molecule has 1 heterocycles. The minimum atomic E-state index is -0.527. The number of methoxy groups -OCH3 is 1. The Hall–Kier alpha value is -2.20. The zero-order chi connectivity index (χ0) is 18.2. The summed E-state index contributed by atoms with van der Waals surface area (Å²) in [5.41, 5.74) is 0.511. The van der Waals surface area contributed by atoms with Crippen molar-refractivity contribution < 1.29 is 23.5 Å². The summed E-state index contributed by atoms with van der Waals surface area (Å²) < 4.78 is 23.8. The molecule has 2 aromatic rings. The molecule has 0 aliphatic carbocycles. The lowest BCUT2D eigenvalue weighted by Gasteiger charge is -2.05. The van der Waals surface area contributed by atoms with E-state index in [9.17, 15) is 14.0 Å². The number of carbonyl (C=O) groups excluding carboxylic acids is 2. The normalized spacial score (nSPS) is 10.4. The molecule has 1 aromatic carbocycles. The lowest BCUT2D eigenvalue weighted by Crippen LogP contribution is -2.14. The molecule has 0 unspecified atom stereocenters. The van der Waals surface area contributed by atoms with Gasteiger partial charge in [-0.2, -0.15) is 0 Å². The number of anilines is 1. The van der Waals surface area contributed by atoms with Crippen LogP contribution in [0.25, 0.3) is 0 Å². The maximum atomic E-state index is 13.6. The summed E-state index contributed by atoms with van der Waals surface area (Å²) in [7, 11) is 1.37. The van der Waals surface area contributed by atoms with Crippen molar-refractivity contribution in [2.24, 2.45) is 0 Å². The number of nitrogens with one attached hydrogen (secondary N) is 1. The molecule has 0 saturated heterocycles. The van der Waals surface area contributed by atoms with Gasteiger partial charge in [-0.15, -0.1) is 10.2 Å². The number of thioether (sulfide) groups is 1. The Labute approximate surface area is 151 Å². The van der Waals surface area contributed by atoms with Crippen molar-refractivity contribution in [2.45, 2.75) is 17.7 Å². The second-order valence-corrected chi connectivity index (χ2v) is 6.86. The lowest BCUT2D eigenvalue weighted by molar-refractivity contribution is -0.139. The van der Waals surface area contributed by atoms with Crippen molar-refractivity contribution in [1.82, 2.24) is 10.2 Å². The van der Waals surface area contributed by atoms with Crippen LogP contribution in [0.5, 0.6) is 5.75 Å². The molecule has 0 fully saturated rings. The quantitative estimate of drug-likeness (QED) is 0.424. The van der Waals surface area contributed by atoms with Gasteiger partial charge < -0.3 is 14.8 Å². The molecule has 1 amide bonds. The van der Waals surface area contributed by atoms with E-state index < -0.39 is 5.82 Å². The highest BCUT2D eigenvalue weighted by Gasteiger charge is 2.12. The Bertz CT molecular complexity index is 754. The van der Waals surface area contributed by atoms with Crippen LogP contribution in [0.3, 0.4) is 0 Å². The van der Waals surface area contributed by atoms with Crippen LogP contribution in [0.2, 0.25) is 0 Å². The van der Waals surface area contributed by atoms with E-state index in [0.717, 1.165) is 11.3 Å². The van der Waals surface area contributed by atoms with E-state index in [1.54, 1.807) is 13.0 Å². The number of benzene rings is 1. The van der Waals surface area contributed by atoms with Crippen LogP contribution in [0, 0.1) is 5.82 Å². The summed E-state index contributed by atoms with van der Waals surface area (Å²) in [6.07, 6.45) is -0.00814. The van der Waals surface area contributed by atoms with Gasteiger partial charge in [0, 0.05) is 0 Å². The van der Waals surface area contributed by atoms with E-state index in [1.807, 2.05) is 0 Å². The predicted molar refractivity (Wildman–Crippen MR) is 92.6 cm³/mol. The summed E-state index contributed by atoms with van der Waals surface area (Å²) in [5, 5.41) is 10.6. The van der Waals surface area contributed by atoms with Crippen LogP contribution >= 0.6 is 23.1 Å². The van der Waals surface area contributed by atoms with Crippen LogP contribution in [-0.2, 0) is 20.7 Å². The molecular weight excluding hydrogens is 369 g/mol. The van der Waals surface area contributed by atoms with Crippen molar-refractivity contribution in [3.05, 3.63) is 29.6 Å². The van der Waals surface area contributed by atoms with Crippen LogP contribution in [0.15, 0.2) is 22.5 Å². The standard InChI is InChI=1S/C15H16FN3O4S2/c1-3-23-13(21)8-24-15-19-18-14(25-15)17-12(20)7-9-4-5-11(22-2)10(16)6-9/h4-6H,3,7-8H2,1-2H3,(H,17,18,20). The van der Waals surface area contributed by atoms with Gasteiger partial charge in [-0.3, -0.25) is 9.59 Å². The Kier molecular flexibility index (Phi) is 7.14. The molecule has 0 bridgehead atoms.